The second-order valence-corrected chi connectivity index (χ2v) is 4.69. The Labute approximate surface area is 115 Å². The van der Waals surface area contributed by atoms with E-state index in [2.05, 4.69) is 5.32 Å². The molecule has 0 aliphatic carbocycles. The van der Waals surface area contributed by atoms with Gasteiger partial charge in [0.15, 0.2) is 0 Å². The lowest BCUT2D eigenvalue weighted by molar-refractivity contribution is -0.137. The Bertz CT molecular complexity index is 450. The van der Waals surface area contributed by atoms with Gasteiger partial charge in [0, 0.05) is 12.1 Å². The first-order valence-corrected chi connectivity index (χ1v) is 6.39. The van der Waals surface area contributed by atoms with Crippen molar-refractivity contribution in [2.24, 2.45) is 0 Å². The first kappa shape index (κ1) is 16.5. The standard InChI is InChI=1S/C14H18F3NO2/c1-3-13(20,4-2)9-18-12(19)10-5-7-11(8-6-10)14(15,16)17/h5-8,20H,3-4,9H2,1-2H3,(H,18,19). The minimum Gasteiger partial charge on any atom is -0.388 e. The van der Waals surface area contributed by atoms with Crippen LogP contribution in [0.3, 0.4) is 0 Å². The Hall–Kier alpha value is -1.56. The van der Waals surface area contributed by atoms with Gasteiger partial charge in [-0.3, -0.25) is 4.79 Å². The molecule has 0 saturated heterocycles. The number of hydrogen-bond acceptors (Lipinski definition) is 2. The van der Waals surface area contributed by atoms with E-state index < -0.39 is 23.2 Å². The zero-order valence-electron chi connectivity index (χ0n) is 11.4. The molecule has 3 nitrogen and oxygen atoms in total. The van der Waals surface area contributed by atoms with Crippen molar-refractivity contribution in [1.82, 2.24) is 5.32 Å². The molecule has 20 heavy (non-hydrogen) atoms. The van der Waals surface area contributed by atoms with E-state index in [0.29, 0.717) is 12.8 Å². The van der Waals surface area contributed by atoms with Crippen LogP contribution in [0, 0.1) is 0 Å². The molecule has 0 spiro atoms. The van der Waals surface area contributed by atoms with Gasteiger partial charge in [-0.15, -0.1) is 0 Å². The van der Waals surface area contributed by atoms with Crippen molar-refractivity contribution in [1.29, 1.82) is 0 Å². The van der Waals surface area contributed by atoms with Crippen LogP contribution in [0.15, 0.2) is 24.3 Å². The molecule has 0 aliphatic heterocycles. The van der Waals surface area contributed by atoms with Crippen LogP contribution in [-0.4, -0.2) is 23.2 Å². The van der Waals surface area contributed by atoms with Crippen molar-refractivity contribution in [2.45, 2.75) is 38.5 Å². The van der Waals surface area contributed by atoms with Gasteiger partial charge < -0.3 is 10.4 Å². The van der Waals surface area contributed by atoms with Crippen molar-refractivity contribution in [3.63, 3.8) is 0 Å². The number of carbonyl (C=O) groups excluding carboxylic acids is 1. The minimum absolute atomic E-state index is 0.0693. The van der Waals surface area contributed by atoms with E-state index in [0.717, 1.165) is 24.3 Å². The molecule has 0 radical (unpaired) electrons. The monoisotopic (exact) mass is 289 g/mol. The molecule has 1 aromatic rings. The normalized spacial score (nSPS) is 12.3. The first-order valence-electron chi connectivity index (χ1n) is 6.39. The molecule has 0 aliphatic rings. The van der Waals surface area contributed by atoms with E-state index >= 15 is 0 Å². The fourth-order valence-corrected chi connectivity index (χ4v) is 1.66. The second-order valence-electron chi connectivity index (χ2n) is 4.69. The van der Waals surface area contributed by atoms with Gasteiger partial charge in [-0.25, -0.2) is 0 Å². The third kappa shape index (κ3) is 4.23. The fourth-order valence-electron chi connectivity index (χ4n) is 1.66. The number of rotatable bonds is 5. The molecule has 1 aromatic carbocycles. The summed E-state index contributed by atoms with van der Waals surface area (Å²) in [5.41, 5.74) is -1.65. The molecule has 0 fully saturated rings. The quantitative estimate of drug-likeness (QED) is 0.875. The molecule has 1 amide bonds. The molecule has 112 valence electrons. The molecule has 0 unspecified atom stereocenters. The average Bonchev–Trinajstić information content (AvgIpc) is 2.43. The summed E-state index contributed by atoms with van der Waals surface area (Å²) in [4.78, 5) is 11.8. The lowest BCUT2D eigenvalue weighted by atomic mass is 9.97. The topological polar surface area (TPSA) is 49.3 Å². The highest BCUT2D eigenvalue weighted by Crippen LogP contribution is 2.29. The van der Waals surface area contributed by atoms with Crippen LogP contribution < -0.4 is 5.32 Å². The van der Waals surface area contributed by atoms with Gasteiger partial charge in [0.25, 0.3) is 5.91 Å². The predicted octanol–water partition coefficient (Wildman–Crippen LogP) is 2.99. The second kappa shape index (κ2) is 6.26. The van der Waals surface area contributed by atoms with E-state index in [1.165, 1.54) is 0 Å². The van der Waals surface area contributed by atoms with E-state index in [-0.39, 0.29) is 12.1 Å². The average molecular weight is 289 g/mol. The maximum Gasteiger partial charge on any atom is 0.416 e. The van der Waals surface area contributed by atoms with Crippen LogP contribution in [0.2, 0.25) is 0 Å². The molecule has 0 heterocycles. The number of alkyl halides is 3. The predicted molar refractivity (Wildman–Crippen MR) is 69.3 cm³/mol. The van der Waals surface area contributed by atoms with Crippen LogP contribution in [0.5, 0.6) is 0 Å². The lowest BCUT2D eigenvalue weighted by Gasteiger charge is -2.25. The SMILES string of the molecule is CCC(O)(CC)CNC(=O)c1ccc(C(F)(F)F)cc1. The summed E-state index contributed by atoms with van der Waals surface area (Å²) in [7, 11) is 0. The Morgan fingerprint density at radius 2 is 1.65 bits per heavy atom. The van der Waals surface area contributed by atoms with E-state index in [1.807, 2.05) is 0 Å². The fraction of sp³-hybridized carbons (Fsp3) is 0.500. The Kier molecular flexibility index (Phi) is 5.16. The highest BCUT2D eigenvalue weighted by Gasteiger charge is 2.30. The van der Waals surface area contributed by atoms with Crippen molar-refractivity contribution >= 4 is 5.91 Å². The van der Waals surface area contributed by atoms with Crippen molar-refractivity contribution in [3.8, 4) is 0 Å². The third-order valence-corrected chi connectivity index (χ3v) is 3.37. The summed E-state index contributed by atoms with van der Waals surface area (Å²) < 4.78 is 37.1. The highest BCUT2D eigenvalue weighted by atomic mass is 19.4. The van der Waals surface area contributed by atoms with E-state index in [1.54, 1.807) is 13.8 Å². The number of nitrogens with one attached hydrogen (secondary N) is 1. The number of amides is 1. The number of aliphatic hydroxyl groups is 1. The summed E-state index contributed by atoms with van der Waals surface area (Å²) in [6.07, 6.45) is -3.45. The molecule has 6 heteroatoms. The zero-order valence-corrected chi connectivity index (χ0v) is 11.4. The largest absolute Gasteiger partial charge is 0.416 e. The summed E-state index contributed by atoms with van der Waals surface area (Å²) in [6, 6.07) is 3.96. The summed E-state index contributed by atoms with van der Waals surface area (Å²) in [5.74, 6) is -0.501. The Morgan fingerprint density at radius 3 is 2.05 bits per heavy atom. The van der Waals surface area contributed by atoms with Gasteiger partial charge in [0.05, 0.1) is 11.2 Å². The summed E-state index contributed by atoms with van der Waals surface area (Å²) >= 11 is 0. The van der Waals surface area contributed by atoms with Crippen molar-refractivity contribution in [3.05, 3.63) is 35.4 Å². The molecule has 0 saturated carbocycles. The number of carbonyl (C=O) groups is 1. The zero-order chi connectivity index (χ0) is 15.4. The summed E-state index contributed by atoms with van der Waals surface area (Å²) in [6.45, 7) is 3.67. The molecule has 0 atom stereocenters. The highest BCUT2D eigenvalue weighted by molar-refractivity contribution is 5.94. The number of benzene rings is 1. The van der Waals surface area contributed by atoms with Gasteiger partial charge in [-0.2, -0.15) is 13.2 Å². The minimum atomic E-state index is -4.42. The van der Waals surface area contributed by atoms with Crippen LogP contribution in [0.25, 0.3) is 0 Å². The molecule has 0 aromatic heterocycles. The molecule has 1 rings (SSSR count). The van der Waals surface area contributed by atoms with Crippen LogP contribution in [-0.2, 0) is 6.18 Å². The van der Waals surface area contributed by atoms with Gasteiger partial charge in [-0.1, -0.05) is 13.8 Å². The van der Waals surface area contributed by atoms with Crippen LogP contribution >= 0.6 is 0 Å². The van der Waals surface area contributed by atoms with Crippen molar-refractivity contribution < 1.29 is 23.1 Å². The van der Waals surface area contributed by atoms with E-state index in [9.17, 15) is 23.1 Å². The molecular formula is C14H18F3NO2. The molecule has 0 bridgehead atoms. The molecular weight excluding hydrogens is 271 g/mol. The maximum absolute atomic E-state index is 12.4. The number of hydrogen-bond donors (Lipinski definition) is 2. The van der Waals surface area contributed by atoms with Crippen molar-refractivity contribution in [2.75, 3.05) is 6.54 Å². The maximum atomic E-state index is 12.4. The van der Waals surface area contributed by atoms with Crippen LogP contribution in [0.1, 0.15) is 42.6 Å². The third-order valence-electron chi connectivity index (χ3n) is 3.37. The first-order chi connectivity index (χ1) is 9.22. The van der Waals surface area contributed by atoms with Gasteiger partial charge >= 0.3 is 6.18 Å². The number of halogens is 3. The smallest absolute Gasteiger partial charge is 0.388 e. The van der Waals surface area contributed by atoms with Gasteiger partial charge in [0.2, 0.25) is 0 Å². The van der Waals surface area contributed by atoms with Gasteiger partial charge in [0.1, 0.15) is 0 Å². The van der Waals surface area contributed by atoms with E-state index in [4.69, 9.17) is 0 Å². The Balaban J connectivity index is 2.70. The lowest BCUT2D eigenvalue weighted by Crippen LogP contribution is -2.42. The summed E-state index contributed by atoms with van der Waals surface area (Å²) in [5, 5.41) is 12.5. The van der Waals surface area contributed by atoms with Crippen LogP contribution in [0.4, 0.5) is 13.2 Å². The molecule has 2 N–H and O–H groups in total. The van der Waals surface area contributed by atoms with Gasteiger partial charge in [-0.05, 0) is 37.1 Å². The Morgan fingerprint density at radius 1 is 1.15 bits per heavy atom.